The first kappa shape index (κ1) is 19.5. The molecule has 0 aromatic carbocycles. The fourth-order valence-electron chi connectivity index (χ4n) is 3.70. The summed E-state index contributed by atoms with van der Waals surface area (Å²) in [5.41, 5.74) is 2.20. The molecule has 0 spiro atoms. The van der Waals surface area contributed by atoms with Crippen LogP contribution in [0.3, 0.4) is 0 Å². The minimum absolute atomic E-state index is 1.10. The molecule has 0 bridgehead atoms. The van der Waals surface area contributed by atoms with Crippen molar-refractivity contribution in [1.82, 2.24) is 10.2 Å². The molecule has 3 nitrogen and oxygen atoms in total. The first-order valence-electron chi connectivity index (χ1n) is 9.62. The van der Waals surface area contributed by atoms with Crippen molar-refractivity contribution in [2.24, 2.45) is 0 Å². The summed E-state index contributed by atoms with van der Waals surface area (Å²) in [4.78, 5) is 0. The van der Waals surface area contributed by atoms with E-state index in [2.05, 4.69) is 37.0 Å². The topological polar surface area (TPSA) is 38.9 Å². The predicted octanol–water partition coefficient (Wildman–Crippen LogP) is 5.79. The second-order valence-corrected chi connectivity index (χ2v) is 20.0. The summed E-state index contributed by atoms with van der Waals surface area (Å²) < 4.78 is 11.3. The average Bonchev–Trinajstić information content (AvgIpc) is 3.16. The van der Waals surface area contributed by atoms with Gasteiger partial charge in [-0.1, -0.05) is 0 Å². The van der Waals surface area contributed by atoms with Crippen molar-refractivity contribution in [2.75, 3.05) is 0 Å². The van der Waals surface area contributed by atoms with Crippen LogP contribution in [0.1, 0.15) is 59.3 Å². The standard InChI is InChI=1S/C8H5N2O.3C4H9.Sn/c1-2-8(10-9-4-1)7-3-5-11-6-7;3*1-3-4-2;/h1,3-6H;3*1,3-4H2,2H3;. The SMILES string of the molecule is CCC[CH2][Sn]([CH2]CCC)([CH2]CCC)[c]1ccnnc1-c1ccoc1. The molecule has 0 radical (unpaired) electrons. The van der Waals surface area contributed by atoms with Crippen LogP contribution in [0, 0.1) is 0 Å². The molecule has 2 heterocycles. The van der Waals surface area contributed by atoms with Gasteiger partial charge in [0.05, 0.1) is 0 Å². The maximum absolute atomic E-state index is 5.34. The van der Waals surface area contributed by atoms with E-state index in [0.717, 1.165) is 11.3 Å². The maximum atomic E-state index is 5.34. The molecule has 132 valence electrons. The third-order valence-electron chi connectivity index (χ3n) is 5.11. The van der Waals surface area contributed by atoms with E-state index >= 15 is 0 Å². The Morgan fingerprint density at radius 3 is 2.04 bits per heavy atom. The van der Waals surface area contributed by atoms with Crippen molar-refractivity contribution in [3.05, 3.63) is 30.9 Å². The van der Waals surface area contributed by atoms with E-state index in [0.29, 0.717) is 0 Å². The van der Waals surface area contributed by atoms with Gasteiger partial charge in [0, 0.05) is 0 Å². The van der Waals surface area contributed by atoms with Gasteiger partial charge in [-0.05, 0) is 0 Å². The number of rotatable bonds is 11. The molecule has 0 saturated carbocycles. The van der Waals surface area contributed by atoms with E-state index < -0.39 is 18.4 Å². The fourth-order valence-corrected chi connectivity index (χ4v) is 20.2. The van der Waals surface area contributed by atoms with E-state index in [1.54, 1.807) is 9.84 Å². The third-order valence-corrected chi connectivity index (χ3v) is 20.7. The van der Waals surface area contributed by atoms with Gasteiger partial charge in [0.1, 0.15) is 0 Å². The molecule has 2 aromatic rings. The van der Waals surface area contributed by atoms with Gasteiger partial charge in [-0.15, -0.1) is 0 Å². The van der Waals surface area contributed by atoms with Crippen molar-refractivity contribution in [3.63, 3.8) is 0 Å². The van der Waals surface area contributed by atoms with Gasteiger partial charge in [-0.25, -0.2) is 0 Å². The number of furan rings is 1. The van der Waals surface area contributed by atoms with Crippen LogP contribution < -0.4 is 3.58 Å². The van der Waals surface area contributed by atoms with Gasteiger partial charge in [0.25, 0.3) is 0 Å². The van der Waals surface area contributed by atoms with Crippen LogP contribution in [0.15, 0.2) is 35.3 Å². The van der Waals surface area contributed by atoms with Gasteiger partial charge in [-0.3, -0.25) is 0 Å². The summed E-state index contributed by atoms with van der Waals surface area (Å²) in [7, 11) is 0. The van der Waals surface area contributed by atoms with E-state index in [1.807, 2.05) is 18.5 Å². The zero-order valence-corrected chi connectivity index (χ0v) is 18.4. The molecule has 0 saturated heterocycles. The number of unbranched alkanes of at least 4 members (excludes halogenated alkanes) is 3. The van der Waals surface area contributed by atoms with Crippen molar-refractivity contribution in [3.8, 4) is 11.3 Å². The summed E-state index contributed by atoms with van der Waals surface area (Å²) in [5.74, 6) is 0. The minimum atomic E-state index is -2.50. The molecule has 0 aliphatic carbocycles. The molecule has 0 N–H and O–H groups in total. The molecular weight excluding hydrogens is 403 g/mol. The Morgan fingerprint density at radius 2 is 1.54 bits per heavy atom. The van der Waals surface area contributed by atoms with Crippen LogP contribution in [0.4, 0.5) is 0 Å². The summed E-state index contributed by atoms with van der Waals surface area (Å²) in [5, 5.41) is 8.75. The second-order valence-electron chi connectivity index (χ2n) is 6.90. The Hall–Kier alpha value is -0.841. The Balaban J connectivity index is 2.48. The van der Waals surface area contributed by atoms with Gasteiger partial charge < -0.3 is 0 Å². The van der Waals surface area contributed by atoms with Crippen LogP contribution in [0.25, 0.3) is 11.3 Å². The van der Waals surface area contributed by atoms with Crippen LogP contribution >= 0.6 is 0 Å². The van der Waals surface area contributed by atoms with Crippen molar-refractivity contribution >= 4 is 22.0 Å². The van der Waals surface area contributed by atoms with E-state index in [4.69, 9.17) is 4.42 Å². The number of hydrogen-bond donors (Lipinski definition) is 0. The normalized spacial score (nSPS) is 11.8. The summed E-state index contributed by atoms with van der Waals surface area (Å²) in [6.45, 7) is 6.95. The molecule has 0 aliphatic heterocycles. The molecule has 2 aromatic heterocycles. The summed E-state index contributed by atoms with van der Waals surface area (Å²) in [6, 6.07) is 4.33. The number of aromatic nitrogens is 2. The zero-order chi connectivity index (χ0) is 17.3. The quantitative estimate of drug-likeness (QED) is 0.420. The van der Waals surface area contributed by atoms with Crippen LogP contribution in [-0.4, -0.2) is 28.6 Å². The molecule has 0 amide bonds. The molecule has 0 fully saturated rings. The molecule has 4 heteroatoms. The van der Waals surface area contributed by atoms with Crippen molar-refractivity contribution in [2.45, 2.75) is 72.6 Å². The monoisotopic (exact) mass is 436 g/mol. The Morgan fingerprint density at radius 1 is 0.917 bits per heavy atom. The second kappa shape index (κ2) is 10.2. The van der Waals surface area contributed by atoms with Crippen molar-refractivity contribution in [1.29, 1.82) is 0 Å². The third kappa shape index (κ3) is 4.84. The Labute approximate surface area is 151 Å². The summed E-state index contributed by atoms with van der Waals surface area (Å²) >= 11 is -2.50. The zero-order valence-electron chi connectivity index (χ0n) is 15.6. The van der Waals surface area contributed by atoms with E-state index in [1.165, 1.54) is 51.8 Å². The van der Waals surface area contributed by atoms with Crippen LogP contribution in [-0.2, 0) is 0 Å². The summed E-state index contributed by atoms with van der Waals surface area (Å²) in [6.07, 6.45) is 13.4. The van der Waals surface area contributed by atoms with Crippen LogP contribution in [0.2, 0.25) is 13.3 Å². The first-order chi connectivity index (χ1) is 11.8. The number of nitrogens with zero attached hydrogens (tertiary/aromatic N) is 2. The fraction of sp³-hybridized carbons (Fsp3) is 0.600. The predicted molar refractivity (Wildman–Crippen MR) is 104 cm³/mol. The molecular formula is C20H32N2OSn. The Kier molecular flexibility index (Phi) is 8.29. The van der Waals surface area contributed by atoms with Crippen LogP contribution in [0.5, 0.6) is 0 Å². The molecule has 0 unspecified atom stereocenters. The van der Waals surface area contributed by atoms with Gasteiger partial charge in [0.15, 0.2) is 0 Å². The molecule has 2 rings (SSSR count). The Bertz CT molecular complexity index is 561. The average molecular weight is 435 g/mol. The molecule has 0 atom stereocenters. The van der Waals surface area contributed by atoms with Gasteiger partial charge in [0.2, 0.25) is 0 Å². The molecule has 24 heavy (non-hydrogen) atoms. The first-order valence-corrected chi connectivity index (χ1v) is 17.1. The molecule has 0 aliphatic rings. The van der Waals surface area contributed by atoms with Crippen molar-refractivity contribution < 1.29 is 4.42 Å². The number of hydrogen-bond acceptors (Lipinski definition) is 3. The van der Waals surface area contributed by atoms with E-state index in [-0.39, 0.29) is 0 Å². The van der Waals surface area contributed by atoms with Gasteiger partial charge >= 0.3 is 151 Å². The van der Waals surface area contributed by atoms with E-state index in [9.17, 15) is 0 Å². The van der Waals surface area contributed by atoms with Gasteiger partial charge in [-0.2, -0.15) is 0 Å².